The highest BCUT2D eigenvalue weighted by Crippen LogP contribution is 2.54. The Bertz CT molecular complexity index is 1180. The molecular weight excluding hydrogens is 410 g/mol. The van der Waals surface area contributed by atoms with E-state index in [1.165, 1.54) is 30.4 Å². The maximum Gasteiger partial charge on any atom is 0.181 e. The lowest BCUT2D eigenvalue weighted by molar-refractivity contribution is 0.135. The molecule has 1 unspecified atom stereocenters. The van der Waals surface area contributed by atoms with Gasteiger partial charge >= 0.3 is 0 Å². The number of rotatable bonds is 8. The highest BCUT2D eigenvalue weighted by molar-refractivity contribution is 5.56. The molecule has 0 aliphatic heterocycles. The van der Waals surface area contributed by atoms with Crippen molar-refractivity contribution in [2.45, 2.75) is 52.2 Å². The maximum absolute atomic E-state index is 5.95. The Balaban J connectivity index is 1.38. The van der Waals surface area contributed by atoms with Crippen LogP contribution in [0.4, 0.5) is 0 Å². The summed E-state index contributed by atoms with van der Waals surface area (Å²) in [6.45, 7) is 5.68. The lowest BCUT2D eigenvalue weighted by atomic mass is 9.59. The summed E-state index contributed by atoms with van der Waals surface area (Å²) in [5.41, 5.74) is 4.90. The molecule has 168 valence electrons. The average Bonchev–Trinajstić information content (AvgIpc) is 3.33. The van der Waals surface area contributed by atoms with E-state index in [2.05, 4.69) is 76.0 Å². The summed E-state index contributed by atoms with van der Waals surface area (Å²) < 4.78 is 7.78. The number of ether oxygens (including phenoxy) is 1. The van der Waals surface area contributed by atoms with Crippen LogP contribution in [0.1, 0.15) is 55.8 Å². The molecule has 33 heavy (non-hydrogen) atoms. The Morgan fingerprint density at radius 3 is 2.30 bits per heavy atom. The number of pyridine rings is 1. The second-order valence-corrected chi connectivity index (χ2v) is 9.06. The fraction of sp³-hybridized carbons (Fsp3) is 0.333. The number of aromatic nitrogens is 5. The molecule has 0 bridgehead atoms. The van der Waals surface area contributed by atoms with Crippen molar-refractivity contribution in [2.75, 3.05) is 0 Å². The van der Waals surface area contributed by atoms with Crippen LogP contribution < -0.4 is 4.74 Å². The summed E-state index contributed by atoms with van der Waals surface area (Å²) in [4.78, 5) is 4.33. The van der Waals surface area contributed by atoms with Gasteiger partial charge in [0.1, 0.15) is 12.4 Å². The zero-order valence-corrected chi connectivity index (χ0v) is 19.2. The highest BCUT2D eigenvalue weighted by atomic mass is 16.5. The van der Waals surface area contributed by atoms with Gasteiger partial charge in [-0.1, -0.05) is 55.8 Å². The van der Waals surface area contributed by atoms with Crippen molar-refractivity contribution < 1.29 is 4.74 Å². The molecule has 1 saturated carbocycles. The fourth-order valence-corrected chi connectivity index (χ4v) is 4.87. The quantitative estimate of drug-likeness (QED) is 0.355. The summed E-state index contributed by atoms with van der Waals surface area (Å²) in [5.74, 6) is 2.01. The summed E-state index contributed by atoms with van der Waals surface area (Å²) in [6, 6.07) is 23.2. The number of nitrogens with zero attached hydrogens (tertiary/aromatic N) is 5. The minimum atomic E-state index is 0.267. The first kappa shape index (κ1) is 21.3. The van der Waals surface area contributed by atoms with Crippen LogP contribution in [0, 0.1) is 5.41 Å². The molecule has 1 fully saturated rings. The highest BCUT2D eigenvalue weighted by Gasteiger charge is 2.41. The Hall–Kier alpha value is -3.54. The van der Waals surface area contributed by atoms with Gasteiger partial charge in [0.05, 0.1) is 5.69 Å². The zero-order chi connectivity index (χ0) is 22.7. The Morgan fingerprint density at radius 1 is 0.970 bits per heavy atom. The van der Waals surface area contributed by atoms with E-state index in [1.807, 2.05) is 29.8 Å². The number of benzene rings is 2. The summed E-state index contributed by atoms with van der Waals surface area (Å²) in [5, 5.41) is 12.1. The zero-order valence-electron chi connectivity index (χ0n) is 19.2. The first-order valence-electron chi connectivity index (χ1n) is 11.7. The van der Waals surface area contributed by atoms with Crippen LogP contribution in [0.15, 0.2) is 72.9 Å². The molecule has 2 heterocycles. The average molecular weight is 440 g/mol. The Labute approximate surface area is 194 Å². The lowest BCUT2D eigenvalue weighted by Crippen LogP contribution is -2.33. The van der Waals surface area contributed by atoms with Gasteiger partial charge in [0.15, 0.2) is 5.82 Å². The third-order valence-electron chi connectivity index (χ3n) is 6.85. The van der Waals surface area contributed by atoms with Crippen LogP contribution in [0.25, 0.3) is 11.4 Å². The molecule has 1 atom stereocenters. The van der Waals surface area contributed by atoms with E-state index in [1.54, 1.807) is 6.20 Å². The van der Waals surface area contributed by atoms with Crippen molar-refractivity contribution in [1.82, 2.24) is 25.2 Å². The van der Waals surface area contributed by atoms with Crippen molar-refractivity contribution >= 4 is 0 Å². The SMILES string of the molecule is CCn1nnnc1-c1ccc(C(c2ccc(OCc3ccccn3)cc2)C2(C)CCC2)cc1. The standard InChI is InChI=1S/C27H29N5O/c1-3-32-26(29-30-31-32)22-10-8-20(9-11-22)25(27(2)16-6-17-27)21-12-14-24(15-13-21)33-19-23-7-4-5-18-28-23/h4-5,7-15,18,25H,3,6,16-17,19H2,1-2H3. The molecule has 0 amide bonds. The van der Waals surface area contributed by atoms with Gasteiger partial charge in [0, 0.05) is 24.2 Å². The van der Waals surface area contributed by atoms with Crippen LogP contribution in [-0.2, 0) is 13.2 Å². The Kier molecular flexibility index (Phi) is 5.90. The number of aryl methyl sites for hydroxylation is 1. The van der Waals surface area contributed by atoms with Crippen molar-refractivity contribution in [3.63, 3.8) is 0 Å². The molecule has 0 radical (unpaired) electrons. The van der Waals surface area contributed by atoms with Gasteiger partial charge in [-0.15, -0.1) is 5.10 Å². The molecule has 2 aromatic carbocycles. The summed E-state index contributed by atoms with van der Waals surface area (Å²) in [7, 11) is 0. The predicted octanol–water partition coefficient (Wildman–Crippen LogP) is 5.66. The van der Waals surface area contributed by atoms with Gasteiger partial charge in [-0.05, 0) is 71.0 Å². The van der Waals surface area contributed by atoms with Gasteiger partial charge in [-0.3, -0.25) is 4.98 Å². The topological polar surface area (TPSA) is 65.7 Å². The van der Waals surface area contributed by atoms with E-state index >= 15 is 0 Å². The molecule has 2 aromatic heterocycles. The van der Waals surface area contributed by atoms with Crippen LogP contribution in [0.3, 0.4) is 0 Å². The molecule has 6 nitrogen and oxygen atoms in total. The van der Waals surface area contributed by atoms with Gasteiger partial charge in [-0.25, -0.2) is 4.68 Å². The molecule has 0 spiro atoms. The fourth-order valence-electron chi connectivity index (χ4n) is 4.87. The molecule has 6 heteroatoms. The monoisotopic (exact) mass is 439 g/mol. The molecule has 4 aromatic rings. The first-order valence-corrected chi connectivity index (χ1v) is 11.7. The third kappa shape index (κ3) is 4.38. The van der Waals surface area contributed by atoms with Crippen LogP contribution in [-0.4, -0.2) is 25.2 Å². The number of tetrazole rings is 1. The first-order chi connectivity index (χ1) is 16.2. The normalized spacial score (nSPS) is 15.6. The van der Waals surface area contributed by atoms with Crippen molar-refractivity contribution in [3.05, 3.63) is 89.7 Å². The van der Waals surface area contributed by atoms with E-state index in [9.17, 15) is 0 Å². The van der Waals surface area contributed by atoms with Crippen molar-refractivity contribution in [1.29, 1.82) is 0 Å². The van der Waals surface area contributed by atoms with E-state index < -0.39 is 0 Å². The van der Waals surface area contributed by atoms with Crippen LogP contribution in [0.5, 0.6) is 5.75 Å². The third-order valence-corrected chi connectivity index (χ3v) is 6.85. The largest absolute Gasteiger partial charge is 0.487 e. The van der Waals surface area contributed by atoms with Gasteiger partial charge in [0.25, 0.3) is 0 Å². The second kappa shape index (κ2) is 9.14. The second-order valence-electron chi connectivity index (χ2n) is 9.06. The lowest BCUT2D eigenvalue weighted by Gasteiger charge is -2.46. The molecule has 0 saturated heterocycles. The Morgan fingerprint density at radius 2 is 1.70 bits per heavy atom. The van der Waals surface area contributed by atoms with E-state index in [-0.39, 0.29) is 5.41 Å². The molecule has 1 aliphatic carbocycles. The summed E-state index contributed by atoms with van der Waals surface area (Å²) >= 11 is 0. The number of hydrogen-bond acceptors (Lipinski definition) is 5. The minimum Gasteiger partial charge on any atom is -0.487 e. The molecule has 0 N–H and O–H groups in total. The van der Waals surface area contributed by atoms with E-state index in [0.29, 0.717) is 12.5 Å². The van der Waals surface area contributed by atoms with Gasteiger partial charge in [0.2, 0.25) is 0 Å². The summed E-state index contributed by atoms with van der Waals surface area (Å²) in [6.07, 6.45) is 5.57. The molecule has 1 aliphatic rings. The molecule has 5 rings (SSSR count). The van der Waals surface area contributed by atoms with Gasteiger partial charge in [-0.2, -0.15) is 0 Å². The minimum absolute atomic E-state index is 0.267. The van der Waals surface area contributed by atoms with E-state index in [4.69, 9.17) is 4.74 Å². The van der Waals surface area contributed by atoms with Crippen LogP contribution >= 0.6 is 0 Å². The van der Waals surface area contributed by atoms with Crippen molar-refractivity contribution in [3.8, 4) is 17.1 Å². The maximum atomic E-state index is 5.95. The van der Waals surface area contributed by atoms with Crippen molar-refractivity contribution in [2.24, 2.45) is 5.41 Å². The van der Waals surface area contributed by atoms with E-state index in [0.717, 1.165) is 29.4 Å². The van der Waals surface area contributed by atoms with Crippen LogP contribution in [0.2, 0.25) is 0 Å². The smallest absolute Gasteiger partial charge is 0.181 e. The van der Waals surface area contributed by atoms with Gasteiger partial charge < -0.3 is 4.74 Å². The molecular formula is C27H29N5O. The predicted molar refractivity (Wildman–Crippen MR) is 128 cm³/mol. The number of hydrogen-bond donors (Lipinski definition) is 0.